The Labute approximate surface area is 243 Å². The van der Waals surface area contributed by atoms with Crippen LogP contribution in [0.25, 0.3) is 22.5 Å². The van der Waals surface area contributed by atoms with Crippen LogP contribution >= 0.6 is 12.4 Å². The molecule has 1 aromatic heterocycles. The van der Waals surface area contributed by atoms with E-state index in [4.69, 9.17) is 14.6 Å². The molecule has 0 aliphatic carbocycles. The molecule has 4 rings (SSSR count). The SMILES string of the molecule is CC(C)C[C@H](NC(=O)Cn1nc(-c2cccc(OCCCN3CCOCC3)c2)cc1-c1ccccc1)B(O)O.Cl. The van der Waals surface area contributed by atoms with Crippen molar-refractivity contribution in [2.24, 2.45) is 5.92 Å². The second kappa shape index (κ2) is 15.8. The molecule has 216 valence electrons. The van der Waals surface area contributed by atoms with E-state index in [2.05, 4.69) is 10.2 Å². The Morgan fingerprint density at radius 2 is 1.80 bits per heavy atom. The van der Waals surface area contributed by atoms with Crippen molar-refractivity contribution in [1.82, 2.24) is 20.0 Å². The summed E-state index contributed by atoms with van der Waals surface area (Å²) in [5, 5.41) is 27.0. The highest BCUT2D eigenvalue weighted by atomic mass is 35.5. The molecule has 1 saturated heterocycles. The maximum absolute atomic E-state index is 12.9. The molecule has 40 heavy (non-hydrogen) atoms. The van der Waals surface area contributed by atoms with E-state index in [0.717, 1.165) is 67.5 Å². The lowest BCUT2D eigenvalue weighted by Crippen LogP contribution is -2.48. The number of morpholine rings is 1. The topological polar surface area (TPSA) is 109 Å². The number of carbonyl (C=O) groups is 1. The lowest BCUT2D eigenvalue weighted by Gasteiger charge is -2.26. The number of amides is 1. The standard InChI is InChI=1S/C29H39BN4O5.ClH/c1-22(2)18-28(30(36)37)31-29(35)21-34-27(23-8-4-3-5-9-23)20-26(32-34)24-10-6-11-25(19-24)39-15-7-12-33-13-16-38-17-14-33;/h3-6,8-11,19-20,22,28,36-37H,7,12-18,21H2,1-2H3,(H,31,35);1H/t28-;/m0./s1. The molecule has 2 heterocycles. The maximum Gasteiger partial charge on any atom is 0.475 e. The molecule has 1 amide bonds. The molecule has 0 saturated carbocycles. The lowest BCUT2D eigenvalue weighted by molar-refractivity contribution is -0.122. The summed E-state index contributed by atoms with van der Waals surface area (Å²) in [7, 11) is -1.63. The fourth-order valence-corrected chi connectivity index (χ4v) is 4.72. The van der Waals surface area contributed by atoms with Crippen molar-refractivity contribution in [1.29, 1.82) is 0 Å². The van der Waals surface area contributed by atoms with Crippen LogP contribution in [0.3, 0.4) is 0 Å². The second-order valence-electron chi connectivity index (χ2n) is 10.3. The van der Waals surface area contributed by atoms with Crippen molar-refractivity contribution in [3.8, 4) is 28.3 Å². The van der Waals surface area contributed by atoms with Crippen molar-refractivity contribution < 1.29 is 24.3 Å². The van der Waals surface area contributed by atoms with Crippen LogP contribution in [0, 0.1) is 5.92 Å². The molecular formula is C29H40BClN4O5. The Balaban J connectivity index is 0.00000441. The number of ether oxygens (including phenoxy) is 2. The third-order valence-corrected chi connectivity index (χ3v) is 6.70. The molecule has 0 unspecified atom stereocenters. The second-order valence-corrected chi connectivity index (χ2v) is 10.3. The number of carbonyl (C=O) groups excluding carboxylic acids is 1. The van der Waals surface area contributed by atoms with E-state index in [-0.39, 0.29) is 30.8 Å². The van der Waals surface area contributed by atoms with Gasteiger partial charge in [0.1, 0.15) is 12.3 Å². The van der Waals surface area contributed by atoms with Gasteiger partial charge in [0.05, 0.1) is 37.1 Å². The molecule has 3 N–H and O–H groups in total. The zero-order valence-corrected chi connectivity index (χ0v) is 24.1. The molecule has 3 aromatic rings. The van der Waals surface area contributed by atoms with Crippen molar-refractivity contribution in [2.45, 2.75) is 39.2 Å². The highest BCUT2D eigenvalue weighted by Crippen LogP contribution is 2.28. The van der Waals surface area contributed by atoms with Crippen LogP contribution in [0.5, 0.6) is 5.75 Å². The molecule has 0 spiro atoms. The number of halogens is 1. The summed E-state index contributed by atoms with van der Waals surface area (Å²) in [4.78, 5) is 15.3. The van der Waals surface area contributed by atoms with Gasteiger partial charge in [0.2, 0.25) is 5.91 Å². The van der Waals surface area contributed by atoms with Crippen molar-refractivity contribution in [3.05, 3.63) is 60.7 Å². The number of hydrogen-bond donors (Lipinski definition) is 3. The van der Waals surface area contributed by atoms with Crippen LogP contribution in [-0.4, -0.2) is 83.2 Å². The summed E-state index contributed by atoms with van der Waals surface area (Å²) >= 11 is 0. The number of aromatic nitrogens is 2. The fraction of sp³-hybridized carbons (Fsp3) is 0.448. The van der Waals surface area contributed by atoms with E-state index < -0.39 is 13.1 Å². The number of nitrogens with zero attached hydrogens (tertiary/aromatic N) is 3. The van der Waals surface area contributed by atoms with Gasteiger partial charge in [0.25, 0.3) is 0 Å². The Bertz CT molecular complexity index is 1190. The summed E-state index contributed by atoms with van der Waals surface area (Å²) in [5.41, 5.74) is 3.34. The quantitative estimate of drug-likeness (QED) is 0.214. The maximum atomic E-state index is 12.9. The van der Waals surface area contributed by atoms with Gasteiger partial charge in [-0.05, 0) is 42.5 Å². The van der Waals surface area contributed by atoms with Gasteiger partial charge in [-0.1, -0.05) is 56.3 Å². The third kappa shape index (κ3) is 9.35. The predicted molar refractivity (Wildman–Crippen MR) is 159 cm³/mol. The average molecular weight is 571 g/mol. The highest BCUT2D eigenvalue weighted by molar-refractivity contribution is 6.43. The van der Waals surface area contributed by atoms with Gasteiger partial charge < -0.3 is 24.8 Å². The summed E-state index contributed by atoms with van der Waals surface area (Å²) in [6, 6.07) is 19.6. The van der Waals surface area contributed by atoms with Crippen LogP contribution in [-0.2, 0) is 16.1 Å². The van der Waals surface area contributed by atoms with E-state index >= 15 is 0 Å². The Hall–Kier alpha value is -2.89. The molecule has 9 nitrogen and oxygen atoms in total. The van der Waals surface area contributed by atoms with Gasteiger partial charge >= 0.3 is 7.12 Å². The minimum Gasteiger partial charge on any atom is -0.494 e. The molecule has 0 bridgehead atoms. The normalized spacial score (nSPS) is 14.4. The smallest absolute Gasteiger partial charge is 0.475 e. The van der Waals surface area contributed by atoms with Crippen LogP contribution in [0.4, 0.5) is 0 Å². The first-order valence-electron chi connectivity index (χ1n) is 13.7. The van der Waals surface area contributed by atoms with Gasteiger partial charge in [-0.25, -0.2) is 0 Å². The Morgan fingerprint density at radius 1 is 1.07 bits per heavy atom. The van der Waals surface area contributed by atoms with Crippen molar-refractivity contribution >= 4 is 25.4 Å². The van der Waals surface area contributed by atoms with Gasteiger partial charge in [-0.3, -0.25) is 14.4 Å². The molecule has 1 aliphatic rings. The van der Waals surface area contributed by atoms with Crippen LogP contribution in [0.2, 0.25) is 0 Å². The Morgan fingerprint density at radius 3 is 2.50 bits per heavy atom. The van der Waals surface area contributed by atoms with Crippen LogP contribution in [0.15, 0.2) is 60.7 Å². The first-order valence-corrected chi connectivity index (χ1v) is 13.7. The molecule has 1 atom stereocenters. The molecule has 2 aromatic carbocycles. The molecule has 1 aliphatic heterocycles. The average Bonchev–Trinajstić information content (AvgIpc) is 3.35. The monoisotopic (exact) mass is 570 g/mol. The molecule has 11 heteroatoms. The van der Waals surface area contributed by atoms with Crippen LogP contribution in [0.1, 0.15) is 26.7 Å². The lowest BCUT2D eigenvalue weighted by atomic mass is 9.75. The summed E-state index contributed by atoms with van der Waals surface area (Å²) in [6.45, 7) is 9.03. The third-order valence-electron chi connectivity index (χ3n) is 6.70. The van der Waals surface area contributed by atoms with E-state index in [1.165, 1.54) is 0 Å². The van der Waals surface area contributed by atoms with E-state index in [0.29, 0.717) is 13.0 Å². The van der Waals surface area contributed by atoms with E-state index in [1.807, 2.05) is 74.5 Å². The first kappa shape index (κ1) is 31.6. The van der Waals surface area contributed by atoms with Crippen molar-refractivity contribution in [3.63, 3.8) is 0 Å². The number of hydrogen-bond acceptors (Lipinski definition) is 7. The van der Waals surface area contributed by atoms with Crippen LogP contribution < -0.4 is 10.1 Å². The molecular weight excluding hydrogens is 531 g/mol. The zero-order valence-electron chi connectivity index (χ0n) is 23.2. The first-order chi connectivity index (χ1) is 18.9. The predicted octanol–water partition coefficient (Wildman–Crippen LogP) is 3.28. The largest absolute Gasteiger partial charge is 0.494 e. The molecule has 1 fully saturated rings. The highest BCUT2D eigenvalue weighted by Gasteiger charge is 2.26. The van der Waals surface area contributed by atoms with Crippen molar-refractivity contribution in [2.75, 3.05) is 39.5 Å². The summed E-state index contributed by atoms with van der Waals surface area (Å²) in [6.07, 6.45) is 1.39. The van der Waals surface area contributed by atoms with Gasteiger partial charge in [-0.2, -0.15) is 5.10 Å². The van der Waals surface area contributed by atoms with Gasteiger partial charge in [0, 0.05) is 25.2 Å². The number of benzene rings is 2. The number of rotatable bonds is 13. The van der Waals surface area contributed by atoms with Gasteiger partial charge in [-0.15, -0.1) is 12.4 Å². The van der Waals surface area contributed by atoms with Gasteiger partial charge in [0.15, 0.2) is 0 Å². The summed E-state index contributed by atoms with van der Waals surface area (Å²) in [5.74, 6) is -0.110. The Kier molecular flexibility index (Phi) is 12.5. The van der Waals surface area contributed by atoms with E-state index in [1.54, 1.807) is 4.68 Å². The van der Waals surface area contributed by atoms with E-state index in [9.17, 15) is 14.8 Å². The minimum atomic E-state index is -1.63. The number of nitrogens with one attached hydrogen (secondary N) is 1. The minimum absolute atomic E-state index is 0. The molecule has 0 radical (unpaired) electrons. The zero-order chi connectivity index (χ0) is 27.6. The summed E-state index contributed by atoms with van der Waals surface area (Å²) < 4.78 is 13.1. The fourth-order valence-electron chi connectivity index (χ4n) is 4.72.